The van der Waals surface area contributed by atoms with Crippen molar-refractivity contribution in [3.05, 3.63) is 33.9 Å². The second kappa shape index (κ2) is 4.42. The van der Waals surface area contributed by atoms with Gasteiger partial charge in [0.05, 0.1) is 16.6 Å². The molecule has 0 saturated heterocycles. The van der Waals surface area contributed by atoms with E-state index in [1.807, 2.05) is 19.9 Å². The van der Waals surface area contributed by atoms with E-state index in [1.54, 1.807) is 0 Å². The van der Waals surface area contributed by atoms with E-state index in [-0.39, 0.29) is 11.7 Å². The molecule has 0 aliphatic carbocycles. The molecule has 1 N–H and O–H groups in total. The lowest BCUT2D eigenvalue weighted by molar-refractivity contribution is -0.384. The molecule has 0 fully saturated rings. The molecule has 5 heteroatoms. The van der Waals surface area contributed by atoms with Crippen molar-refractivity contribution in [3.8, 4) is 6.07 Å². The fourth-order valence-corrected chi connectivity index (χ4v) is 1.19. The molecule has 0 saturated carbocycles. The van der Waals surface area contributed by atoms with Gasteiger partial charge in [0.2, 0.25) is 0 Å². The highest BCUT2D eigenvalue weighted by Crippen LogP contribution is 2.25. The van der Waals surface area contributed by atoms with Gasteiger partial charge < -0.3 is 5.32 Å². The number of nitro benzene ring substituents is 1. The third-order valence-corrected chi connectivity index (χ3v) is 1.77. The summed E-state index contributed by atoms with van der Waals surface area (Å²) in [7, 11) is 0. The van der Waals surface area contributed by atoms with E-state index < -0.39 is 4.92 Å². The molecule has 0 spiro atoms. The van der Waals surface area contributed by atoms with Crippen LogP contribution >= 0.6 is 0 Å². The van der Waals surface area contributed by atoms with Crippen molar-refractivity contribution in [2.45, 2.75) is 19.9 Å². The molecule has 0 heterocycles. The summed E-state index contributed by atoms with van der Waals surface area (Å²) in [6.45, 7) is 3.76. The number of rotatable bonds is 3. The van der Waals surface area contributed by atoms with E-state index in [1.165, 1.54) is 18.2 Å². The van der Waals surface area contributed by atoms with Gasteiger partial charge in [0.15, 0.2) is 0 Å². The molecule has 15 heavy (non-hydrogen) atoms. The third kappa shape index (κ3) is 2.68. The van der Waals surface area contributed by atoms with Crippen LogP contribution in [0.2, 0.25) is 0 Å². The number of hydrogen-bond donors (Lipinski definition) is 1. The fraction of sp³-hybridized carbons (Fsp3) is 0.300. The Morgan fingerprint density at radius 1 is 1.53 bits per heavy atom. The Kier molecular flexibility index (Phi) is 3.24. The Bertz CT molecular complexity index is 421. The molecule has 1 aromatic rings. The summed E-state index contributed by atoms with van der Waals surface area (Å²) in [4.78, 5) is 10.2. The summed E-state index contributed by atoms with van der Waals surface area (Å²) in [5, 5.41) is 22.3. The molecule has 0 aliphatic heterocycles. The molecule has 1 aromatic carbocycles. The van der Waals surface area contributed by atoms with E-state index in [9.17, 15) is 10.1 Å². The van der Waals surface area contributed by atoms with Crippen LogP contribution in [0.25, 0.3) is 0 Å². The molecule has 0 radical (unpaired) electrons. The average molecular weight is 205 g/mol. The van der Waals surface area contributed by atoms with Crippen molar-refractivity contribution in [2.24, 2.45) is 0 Å². The molecular formula is C10H11N3O2. The number of nitriles is 1. The smallest absolute Gasteiger partial charge is 0.292 e. The van der Waals surface area contributed by atoms with Crippen LogP contribution in [0.5, 0.6) is 0 Å². The molecule has 5 nitrogen and oxygen atoms in total. The predicted molar refractivity (Wildman–Crippen MR) is 56.6 cm³/mol. The summed E-state index contributed by atoms with van der Waals surface area (Å²) in [6, 6.07) is 6.28. The molecule has 0 unspecified atom stereocenters. The second-order valence-electron chi connectivity index (χ2n) is 3.40. The van der Waals surface area contributed by atoms with Gasteiger partial charge in [-0.15, -0.1) is 0 Å². The highest BCUT2D eigenvalue weighted by Gasteiger charge is 2.14. The van der Waals surface area contributed by atoms with E-state index in [4.69, 9.17) is 5.26 Å². The standard InChI is InChI=1S/C10H11N3O2/c1-7(2)12-9-5-8(6-11)3-4-10(9)13(14)15/h3-5,7,12H,1-2H3. The van der Waals surface area contributed by atoms with Crippen LogP contribution in [0.4, 0.5) is 11.4 Å². The predicted octanol–water partition coefficient (Wildman–Crippen LogP) is 2.29. The highest BCUT2D eigenvalue weighted by atomic mass is 16.6. The number of anilines is 1. The maximum atomic E-state index is 10.7. The summed E-state index contributed by atoms with van der Waals surface area (Å²) in [5.41, 5.74) is 0.778. The van der Waals surface area contributed by atoms with E-state index in [0.717, 1.165) is 0 Å². The van der Waals surface area contributed by atoms with Gasteiger partial charge in [0.1, 0.15) is 5.69 Å². The lowest BCUT2D eigenvalue weighted by Gasteiger charge is -2.10. The Balaban J connectivity index is 3.17. The molecule has 1 rings (SSSR count). The molecule has 0 aliphatic rings. The minimum absolute atomic E-state index is 0.0114. The fourth-order valence-electron chi connectivity index (χ4n) is 1.19. The summed E-state index contributed by atoms with van der Waals surface area (Å²) < 4.78 is 0. The first-order valence-electron chi connectivity index (χ1n) is 4.49. The van der Waals surface area contributed by atoms with Gasteiger partial charge in [-0.05, 0) is 26.0 Å². The first-order valence-corrected chi connectivity index (χ1v) is 4.49. The van der Waals surface area contributed by atoms with E-state index in [2.05, 4.69) is 5.32 Å². The zero-order valence-corrected chi connectivity index (χ0v) is 8.52. The SMILES string of the molecule is CC(C)Nc1cc(C#N)ccc1[N+](=O)[O-]. The van der Waals surface area contributed by atoms with Crippen LogP contribution in [-0.4, -0.2) is 11.0 Å². The van der Waals surface area contributed by atoms with Crippen LogP contribution in [0.3, 0.4) is 0 Å². The number of hydrogen-bond acceptors (Lipinski definition) is 4. The van der Waals surface area contributed by atoms with Crippen LogP contribution in [-0.2, 0) is 0 Å². The lowest BCUT2D eigenvalue weighted by Crippen LogP contribution is -2.11. The summed E-state index contributed by atoms with van der Waals surface area (Å²) in [6.07, 6.45) is 0. The van der Waals surface area contributed by atoms with E-state index in [0.29, 0.717) is 11.3 Å². The van der Waals surface area contributed by atoms with Crippen molar-refractivity contribution in [1.29, 1.82) is 5.26 Å². The van der Waals surface area contributed by atoms with Gasteiger partial charge in [0.25, 0.3) is 5.69 Å². The molecule has 78 valence electrons. The highest BCUT2D eigenvalue weighted by molar-refractivity contribution is 5.64. The summed E-state index contributed by atoms with van der Waals surface area (Å²) in [5.74, 6) is 0. The molecule has 0 amide bonds. The molecular weight excluding hydrogens is 194 g/mol. The van der Waals surface area contributed by atoms with Gasteiger partial charge in [0, 0.05) is 12.1 Å². The Labute approximate surface area is 87.5 Å². The minimum atomic E-state index is -0.466. The molecule has 0 bridgehead atoms. The average Bonchev–Trinajstić information content (AvgIpc) is 2.16. The monoisotopic (exact) mass is 205 g/mol. The van der Waals surface area contributed by atoms with Crippen LogP contribution in [0, 0.1) is 21.4 Å². The second-order valence-corrected chi connectivity index (χ2v) is 3.40. The van der Waals surface area contributed by atoms with Crippen LogP contribution in [0.15, 0.2) is 18.2 Å². The van der Waals surface area contributed by atoms with Gasteiger partial charge in [-0.2, -0.15) is 5.26 Å². The van der Waals surface area contributed by atoms with Gasteiger partial charge >= 0.3 is 0 Å². The molecule has 0 atom stereocenters. The largest absolute Gasteiger partial charge is 0.377 e. The first-order chi connectivity index (χ1) is 7.04. The van der Waals surface area contributed by atoms with Crippen molar-refractivity contribution in [1.82, 2.24) is 0 Å². The first kappa shape index (κ1) is 11.0. The Morgan fingerprint density at radius 3 is 2.67 bits per heavy atom. The van der Waals surface area contributed by atoms with Crippen molar-refractivity contribution < 1.29 is 4.92 Å². The Hall–Kier alpha value is -2.09. The van der Waals surface area contributed by atoms with Gasteiger partial charge in [-0.1, -0.05) is 0 Å². The normalized spacial score (nSPS) is 9.73. The number of nitrogens with one attached hydrogen (secondary N) is 1. The lowest BCUT2D eigenvalue weighted by atomic mass is 10.2. The number of nitro groups is 1. The van der Waals surface area contributed by atoms with Gasteiger partial charge in [-0.25, -0.2) is 0 Å². The van der Waals surface area contributed by atoms with Crippen LogP contribution in [0.1, 0.15) is 19.4 Å². The van der Waals surface area contributed by atoms with Crippen molar-refractivity contribution in [3.63, 3.8) is 0 Å². The van der Waals surface area contributed by atoms with Crippen molar-refractivity contribution >= 4 is 11.4 Å². The maximum absolute atomic E-state index is 10.7. The topological polar surface area (TPSA) is 79.0 Å². The zero-order chi connectivity index (χ0) is 11.4. The van der Waals surface area contributed by atoms with Crippen molar-refractivity contribution in [2.75, 3.05) is 5.32 Å². The number of benzene rings is 1. The van der Waals surface area contributed by atoms with Gasteiger partial charge in [-0.3, -0.25) is 10.1 Å². The van der Waals surface area contributed by atoms with Crippen LogP contribution < -0.4 is 5.32 Å². The summed E-state index contributed by atoms with van der Waals surface area (Å²) >= 11 is 0. The maximum Gasteiger partial charge on any atom is 0.292 e. The third-order valence-electron chi connectivity index (χ3n) is 1.77. The molecule has 0 aromatic heterocycles. The Morgan fingerprint density at radius 2 is 2.20 bits per heavy atom. The minimum Gasteiger partial charge on any atom is -0.377 e. The zero-order valence-electron chi connectivity index (χ0n) is 8.52. The van der Waals surface area contributed by atoms with E-state index >= 15 is 0 Å². The quantitative estimate of drug-likeness (QED) is 0.606. The number of nitrogens with zero attached hydrogens (tertiary/aromatic N) is 2.